The lowest BCUT2D eigenvalue weighted by Crippen LogP contribution is -2.55. The Bertz CT molecular complexity index is 800. The Kier molecular flexibility index (Phi) is 6.08. The molecule has 30 heavy (non-hydrogen) atoms. The Morgan fingerprint density at radius 1 is 0.933 bits per heavy atom. The van der Waals surface area contributed by atoms with E-state index in [1.54, 1.807) is 11.0 Å². The Balaban J connectivity index is 1.22. The predicted octanol–water partition coefficient (Wildman–Crippen LogP) is -0.305. The fourth-order valence-electron chi connectivity index (χ4n) is 4.18. The lowest BCUT2D eigenvalue weighted by molar-refractivity contribution is -0.143. The summed E-state index contributed by atoms with van der Waals surface area (Å²) in [7, 11) is 0. The van der Waals surface area contributed by atoms with Crippen LogP contribution in [0.25, 0.3) is 0 Å². The highest BCUT2D eigenvalue weighted by molar-refractivity contribution is 5.82. The summed E-state index contributed by atoms with van der Waals surface area (Å²) in [5.41, 5.74) is 5.35. The zero-order chi connectivity index (χ0) is 21.1. The van der Waals surface area contributed by atoms with Crippen molar-refractivity contribution >= 4 is 17.7 Å². The first-order valence-electron chi connectivity index (χ1n) is 10.5. The summed E-state index contributed by atoms with van der Waals surface area (Å²) in [6, 6.07) is 7.33. The zero-order valence-corrected chi connectivity index (χ0v) is 17.0. The minimum atomic E-state index is -0.639. The minimum absolute atomic E-state index is 0.0679. The van der Waals surface area contributed by atoms with Gasteiger partial charge in [-0.25, -0.2) is 0 Å². The van der Waals surface area contributed by atoms with E-state index in [-0.39, 0.29) is 30.2 Å². The maximum absolute atomic E-state index is 12.8. The Labute approximate surface area is 175 Å². The first-order chi connectivity index (χ1) is 14.5. The molecule has 1 aromatic carbocycles. The number of likely N-dealkylation sites (tertiary alicyclic amines) is 1. The van der Waals surface area contributed by atoms with Gasteiger partial charge in [0.1, 0.15) is 6.61 Å². The molecule has 2 fully saturated rings. The number of para-hydroxylation sites is 2. The number of carbonyl (C=O) groups is 3. The molecule has 162 valence electrons. The van der Waals surface area contributed by atoms with Gasteiger partial charge in [-0.05, 0) is 25.0 Å². The predicted molar refractivity (Wildman–Crippen MR) is 108 cm³/mol. The number of rotatable bonds is 4. The molecule has 0 saturated carbocycles. The summed E-state index contributed by atoms with van der Waals surface area (Å²) in [6.07, 6.45) is 0.630. The number of piperidine rings is 1. The van der Waals surface area contributed by atoms with Gasteiger partial charge in [0, 0.05) is 45.2 Å². The number of nitrogens with two attached hydrogens (primary N) is 1. The van der Waals surface area contributed by atoms with E-state index in [1.807, 2.05) is 23.1 Å². The van der Waals surface area contributed by atoms with Crippen molar-refractivity contribution in [2.75, 3.05) is 52.4 Å². The van der Waals surface area contributed by atoms with E-state index in [2.05, 4.69) is 4.90 Å². The van der Waals surface area contributed by atoms with E-state index in [0.29, 0.717) is 70.2 Å². The highest BCUT2D eigenvalue weighted by Crippen LogP contribution is 2.31. The summed E-state index contributed by atoms with van der Waals surface area (Å²) in [6.45, 7) is 4.07. The molecule has 1 atom stereocenters. The Hall–Kier alpha value is -2.81. The summed E-state index contributed by atoms with van der Waals surface area (Å²) >= 11 is 0. The summed E-state index contributed by atoms with van der Waals surface area (Å²) < 4.78 is 11.5. The normalized spacial score (nSPS) is 22.6. The molecule has 0 spiro atoms. The molecule has 3 heterocycles. The Morgan fingerprint density at radius 3 is 2.27 bits per heavy atom. The number of hydrogen-bond donors (Lipinski definition) is 1. The molecule has 1 aromatic rings. The van der Waals surface area contributed by atoms with Crippen LogP contribution in [0.15, 0.2) is 24.3 Å². The number of carbonyl (C=O) groups excluding carboxylic acids is 3. The number of benzene rings is 1. The van der Waals surface area contributed by atoms with Crippen LogP contribution in [0.5, 0.6) is 11.5 Å². The van der Waals surface area contributed by atoms with Crippen LogP contribution in [0.2, 0.25) is 0 Å². The highest BCUT2D eigenvalue weighted by atomic mass is 16.6. The standard InChI is InChI=1S/C21H28N4O5/c22-20(27)15-5-7-24(8-6-15)19(26)13-23-9-11-25(12-10-23)21(28)18-14-29-16-3-1-2-4-17(16)30-18/h1-4,15,18H,5-14H2,(H2,22,27). The van der Waals surface area contributed by atoms with Crippen LogP contribution in [0.3, 0.4) is 0 Å². The van der Waals surface area contributed by atoms with Crippen molar-refractivity contribution in [3.05, 3.63) is 24.3 Å². The van der Waals surface area contributed by atoms with Gasteiger partial charge in [-0.2, -0.15) is 0 Å². The van der Waals surface area contributed by atoms with E-state index in [9.17, 15) is 14.4 Å². The average molecular weight is 416 g/mol. The molecule has 1 unspecified atom stereocenters. The van der Waals surface area contributed by atoms with E-state index in [4.69, 9.17) is 15.2 Å². The molecule has 2 N–H and O–H groups in total. The lowest BCUT2D eigenvalue weighted by atomic mass is 9.96. The third-order valence-corrected chi connectivity index (χ3v) is 6.08. The van der Waals surface area contributed by atoms with Gasteiger partial charge in [0.15, 0.2) is 11.5 Å². The molecule has 4 rings (SSSR count). The van der Waals surface area contributed by atoms with Crippen molar-refractivity contribution in [1.29, 1.82) is 0 Å². The van der Waals surface area contributed by atoms with Gasteiger partial charge >= 0.3 is 0 Å². The molecule has 0 aliphatic carbocycles. The van der Waals surface area contributed by atoms with Crippen LogP contribution in [-0.4, -0.2) is 90.9 Å². The number of fused-ring (bicyclic) bond motifs is 1. The smallest absolute Gasteiger partial charge is 0.267 e. The molecule has 9 nitrogen and oxygen atoms in total. The number of nitrogens with zero attached hydrogens (tertiary/aromatic N) is 3. The van der Waals surface area contributed by atoms with E-state index in [0.717, 1.165) is 0 Å². The molecular formula is C21H28N4O5. The summed E-state index contributed by atoms with van der Waals surface area (Å²) in [5, 5.41) is 0. The second-order valence-electron chi connectivity index (χ2n) is 8.02. The minimum Gasteiger partial charge on any atom is -0.485 e. The van der Waals surface area contributed by atoms with E-state index >= 15 is 0 Å². The van der Waals surface area contributed by atoms with Crippen LogP contribution in [0, 0.1) is 5.92 Å². The van der Waals surface area contributed by atoms with Gasteiger partial charge in [0.05, 0.1) is 6.54 Å². The molecule has 3 amide bonds. The van der Waals surface area contributed by atoms with E-state index < -0.39 is 6.10 Å². The fourth-order valence-corrected chi connectivity index (χ4v) is 4.18. The SMILES string of the molecule is NC(=O)C1CCN(C(=O)CN2CCN(C(=O)C3COc4ccccc4O3)CC2)CC1. The van der Waals surface area contributed by atoms with E-state index in [1.165, 1.54) is 0 Å². The monoisotopic (exact) mass is 416 g/mol. The van der Waals surface area contributed by atoms with Crippen molar-refractivity contribution in [1.82, 2.24) is 14.7 Å². The van der Waals surface area contributed by atoms with Crippen LogP contribution in [-0.2, 0) is 14.4 Å². The topological polar surface area (TPSA) is 105 Å². The van der Waals surface area contributed by atoms with Crippen LogP contribution >= 0.6 is 0 Å². The van der Waals surface area contributed by atoms with Gasteiger partial charge in [-0.15, -0.1) is 0 Å². The largest absolute Gasteiger partial charge is 0.485 e. The van der Waals surface area contributed by atoms with Crippen LogP contribution < -0.4 is 15.2 Å². The van der Waals surface area contributed by atoms with Gasteiger partial charge in [-0.1, -0.05) is 12.1 Å². The third-order valence-electron chi connectivity index (χ3n) is 6.08. The van der Waals surface area contributed by atoms with Crippen molar-refractivity contribution in [3.63, 3.8) is 0 Å². The van der Waals surface area contributed by atoms with Gasteiger partial charge < -0.3 is 25.0 Å². The number of amides is 3. The molecule has 2 saturated heterocycles. The molecule has 0 bridgehead atoms. The van der Waals surface area contributed by atoms with Gasteiger partial charge in [-0.3, -0.25) is 19.3 Å². The number of hydrogen-bond acceptors (Lipinski definition) is 6. The maximum Gasteiger partial charge on any atom is 0.267 e. The second-order valence-corrected chi connectivity index (χ2v) is 8.02. The molecular weight excluding hydrogens is 388 g/mol. The average Bonchev–Trinajstić information content (AvgIpc) is 2.79. The molecule has 9 heteroatoms. The first kappa shape index (κ1) is 20.5. The molecule has 3 aliphatic heterocycles. The molecule has 0 aromatic heterocycles. The second kappa shape index (κ2) is 8.91. The zero-order valence-electron chi connectivity index (χ0n) is 17.0. The fraction of sp³-hybridized carbons (Fsp3) is 0.571. The van der Waals surface area contributed by atoms with Crippen molar-refractivity contribution in [2.24, 2.45) is 11.7 Å². The summed E-state index contributed by atoms with van der Waals surface area (Å²) in [5.74, 6) is 0.832. The quantitative estimate of drug-likeness (QED) is 0.722. The van der Waals surface area contributed by atoms with Crippen LogP contribution in [0.1, 0.15) is 12.8 Å². The number of piperazine rings is 1. The van der Waals surface area contributed by atoms with Crippen molar-refractivity contribution < 1.29 is 23.9 Å². The van der Waals surface area contributed by atoms with Gasteiger partial charge in [0.2, 0.25) is 17.9 Å². The van der Waals surface area contributed by atoms with Crippen LogP contribution in [0.4, 0.5) is 0 Å². The van der Waals surface area contributed by atoms with Gasteiger partial charge in [0.25, 0.3) is 5.91 Å². The number of ether oxygens (including phenoxy) is 2. The van der Waals surface area contributed by atoms with Crippen molar-refractivity contribution in [2.45, 2.75) is 18.9 Å². The van der Waals surface area contributed by atoms with Crippen molar-refractivity contribution in [3.8, 4) is 11.5 Å². The maximum atomic E-state index is 12.8. The molecule has 3 aliphatic rings. The Morgan fingerprint density at radius 2 is 1.60 bits per heavy atom. The number of primary amides is 1. The first-order valence-corrected chi connectivity index (χ1v) is 10.5. The summed E-state index contributed by atoms with van der Waals surface area (Å²) in [4.78, 5) is 42.3. The third kappa shape index (κ3) is 4.51. The molecule has 0 radical (unpaired) electrons. The highest BCUT2D eigenvalue weighted by Gasteiger charge is 2.33. The lowest BCUT2D eigenvalue weighted by Gasteiger charge is -2.38.